The van der Waals surface area contributed by atoms with Crippen molar-refractivity contribution in [2.75, 3.05) is 0 Å². The summed E-state index contributed by atoms with van der Waals surface area (Å²) >= 11 is 0. The van der Waals surface area contributed by atoms with Gasteiger partial charge < -0.3 is 4.57 Å². The summed E-state index contributed by atoms with van der Waals surface area (Å²) in [6, 6.07) is 45.2. The van der Waals surface area contributed by atoms with Crippen LogP contribution in [0.25, 0.3) is 76.4 Å². The zero-order valence-electron chi connectivity index (χ0n) is 23.0. The van der Waals surface area contributed by atoms with Crippen LogP contribution in [0.3, 0.4) is 0 Å². The van der Waals surface area contributed by atoms with Crippen molar-refractivity contribution in [3.8, 4) is 22.3 Å². The van der Waals surface area contributed by atoms with Gasteiger partial charge in [-0.1, -0.05) is 90.5 Å². The number of aryl methyl sites for hydroxylation is 3. The molecular weight excluding hydrogens is 482 g/mol. The molecule has 0 radical (unpaired) electrons. The van der Waals surface area contributed by atoms with Crippen LogP contribution < -0.4 is 0 Å². The van der Waals surface area contributed by atoms with Gasteiger partial charge in [0.1, 0.15) is 0 Å². The molecule has 0 saturated carbocycles. The van der Waals surface area contributed by atoms with Crippen LogP contribution in [0.2, 0.25) is 0 Å². The molecule has 0 atom stereocenters. The van der Waals surface area contributed by atoms with E-state index < -0.39 is 0 Å². The Hall–Kier alpha value is -4.88. The largest absolute Gasteiger partial charge is 0.344 e. The molecule has 0 bridgehead atoms. The summed E-state index contributed by atoms with van der Waals surface area (Å²) in [5.41, 5.74) is 10.1. The molecule has 0 unspecified atom stereocenters. The smallest absolute Gasteiger partial charge is 0.0489 e. The van der Waals surface area contributed by atoms with Gasteiger partial charge in [0.15, 0.2) is 0 Å². The van der Waals surface area contributed by atoms with Gasteiger partial charge in [0.25, 0.3) is 0 Å². The van der Waals surface area contributed by atoms with Gasteiger partial charge in [-0.05, 0) is 110 Å². The number of rotatable bonds is 2. The lowest BCUT2D eigenvalue weighted by Gasteiger charge is -2.13. The van der Waals surface area contributed by atoms with Gasteiger partial charge in [-0.3, -0.25) is 0 Å². The van der Waals surface area contributed by atoms with Gasteiger partial charge in [0, 0.05) is 28.9 Å². The third kappa shape index (κ3) is 3.41. The monoisotopic (exact) mass is 511 g/mol. The fourth-order valence-corrected chi connectivity index (χ4v) is 6.72. The lowest BCUT2D eigenvalue weighted by Crippen LogP contribution is -1.88. The predicted octanol–water partition coefficient (Wildman–Crippen LogP) is 10.7. The average molecular weight is 512 g/mol. The topological polar surface area (TPSA) is 4.93 Å². The van der Waals surface area contributed by atoms with E-state index in [2.05, 4.69) is 147 Å². The molecule has 1 aromatic heterocycles. The lowest BCUT2D eigenvalue weighted by atomic mass is 9.91. The Labute approximate surface area is 233 Å². The highest BCUT2D eigenvalue weighted by molar-refractivity contribution is 6.25. The molecule has 8 aromatic rings. The van der Waals surface area contributed by atoms with Crippen molar-refractivity contribution >= 4 is 54.1 Å². The highest BCUT2D eigenvalue weighted by atomic mass is 14.9. The summed E-state index contributed by atoms with van der Waals surface area (Å²) in [7, 11) is 2.16. The van der Waals surface area contributed by atoms with E-state index in [1.165, 1.54) is 87.5 Å². The van der Waals surface area contributed by atoms with E-state index in [4.69, 9.17) is 0 Å². The average Bonchev–Trinajstić information content (AvgIpc) is 3.27. The van der Waals surface area contributed by atoms with E-state index >= 15 is 0 Å². The van der Waals surface area contributed by atoms with E-state index in [1.54, 1.807) is 0 Å². The maximum absolute atomic E-state index is 2.39. The third-order valence-electron chi connectivity index (χ3n) is 8.65. The normalized spacial score (nSPS) is 11.9. The van der Waals surface area contributed by atoms with Crippen molar-refractivity contribution in [2.45, 2.75) is 13.8 Å². The number of fused-ring (bicyclic) bond motifs is 9. The molecule has 190 valence electrons. The molecule has 0 amide bonds. The molecule has 0 fully saturated rings. The number of nitrogens with zero attached hydrogens (tertiary/aromatic N) is 1. The number of benzene rings is 7. The first-order valence-corrected chi connectivity index (χ1v) is 14.0. The van der Waals surface area contributed by atoms with Gasteiger partial charge in [-0.15, -0.1) is 0 Å². The number of hydrogen-bond donors (Lipinski definition) is 0. The summed E-state index contributed by atoms with van der Waals surface area (Å²) < 4.78 is 2.30. The predicted molar refractivity (Wildman–Crippen MR) is 173 cm³/mol. The van der Waals surface area contributed by atoms with Crippen LogP contribution in [0, 0.1) is 13.8 Å². The van der Waals surface area contributed by atoms with Crippen molar-refractivity contribution in [1.82, 2.24) is 4.57 Å². The zero-order valence-corrected chi connectivity index (χ0v) is 23.0. The minimum Gasteiger partial charge on any atom is -0.344 e. The molecule has 8 rings (SSSR count). The number of aromatic nitrogens is 1. The Morgan fingerprint density at radius 2 is 0.825 bits per heavy atom. The zero-order chi connectivity index (χ0) is 27.0. The van der Waals surface area contributed by atoms with Crippen LogP contribution in [0.1, 0.15) is 11.1 Å². The fraction of sp³-hybridized carbons (Fsp3) is 0.0769. The van der Waals surface area contributed by atoms with E-state index in [9.17, 15) is 0 Å². The van der Waals surface area contributed by atoms with Crippen molar-refractivity contribution in [3.63, 3.8) is 0 Å². The first kappa shape index (κ1) is 23.0. The summed E-state index contributed by atoms with van der Waals surface area (Å²) in [5, 5.41) is 10.5. The second kappa shape index (κ2) is 8.56. The van der Waals surface area contributed by atoms with Crippen LogP contribution in [0.5, 0.6) is 0 Å². The molecule has 1 heteroatoms. The molecule has 0 N–H and O–H groups in total. The van der Waals surface area contributed by atoms with E-state index in [0.29, 0.717) is 0 Å². The second-order valence-corrected chi connectivity index (χ2v) is 11.3. The SMILES string of the molecule is Cc1cc(-c2ccc3c4ccccc4c4ccccc4c3c2)cc(-c2ccc3c(c2)c2cc(C)ccc2n3C)c1. The molecule has 0 aliphatic carbocycles. The molecule has 40 heavy (non-hydrogen) atoms. The first-order valence-electron chi connectivity index (χ1n) is 14.0. The molecule has 0 aliphatic rings. The van der Waals surface area contributed by atoms with Crippen LogP contribution in [0.15, 0.2) is 121 Å². The maximum atomic E-state index is 2.39. The quantitative estimate of drug-likeness (QED) is 0.203. The maximum Gasteiger partial charge on any atom is 0.0489 e. The van der Waals surface area contributed by atoms with Gasteiger partial charge in [-0.2, -0.15) is 0 Å². The van der Waals surface area contributed by atoms with Gasteiger partial charge in [0.2, 0.25) is 0 Å². The van der Waals surface area contributed by atoms with Crippen LogP contribution in [0.4, 0.5) is 0 Å². The summed E-state index contributed by atoms with van der Waals surface area (Å²) in [6.45, 7) is 4.38. The molecule has 0 aliphatic heterocycles. The van der Waals surface area contributed by atoms with Crippen molar-refractivity contribution in [1.29, 1.82) is 0 Å². The lowest BCUT2D eigenvalue weighted by molar-refractivity contribution is 1.01. The van der Waals surface area contributed by atoms with Gasteiger partial charge >= 0.3 is 0 Å². The van der Waals surface area contributed by atoms with E-state index in [-0.39, 0.29) is 0 Å². The Balaban J connectivity index is 1.33. The fourth-order valence-electron chi connectivity index (χ4n) is 6.72. The van der Waals surface area contributed by atoms with Crippen LogP contribution >= 0.6 is 0 Å². The first-order chi connectivity index (χ1) is 19.5. The summed E-state index contributed by atoms with van der Waals surface area (Å²) in [4.78, 5) is 0. The van der Waals surface area contributed by atoms with Crippen LogP contribution in [-0.4, -0.2) is 4.57 Å². The minimum absolute atomic E-state index is 1.25. The Kier molecular flexibility index (Phi) is 4.93. The number of hydrogen-bond acceptors (Lipinski definition) is 0. The van der Waals surface area contributed by atoms with Gasteiger partial charge in [-0.25, -0.2) is 0 Å². The second-order valence-electron chi connectivity index (χ2n) is 11.3. The molecule has 7 aromatic carbocycles. The minimum atomic E-state index is 1.25. The van der Waals surface area contributed by atoms with E-state index in [0.717, 1.165) is 0 Å². The molecular formula is C39H29N. The third-order valence-corrected chi connectivity index (χ3v) is 8.65. The standard InChI is InChI=1S/C39H29N/c1-24-12-16-38-36(20-24)37-23-27(14-17-39(37)40(38)3)29-19-25(2)18-28(21-29)26-13-15-34-32-10-5-4-8-30(32)31-9-6-7-11-33(31)35(34)22-26/h4-23H,1-3H3. The Morgan fingerprint density at radius 3 is 1.45 bits per heavy atom. The summed E-state index contributed by atoms with van der Waals surface area (Å²) in [6.07, 6.45) is 0. The molecule has 1 nitrogen and oxygen atoms in total. The van der Waals surface area contributed by atoms with E-state index in [1.807, 2.05) is 0 Å². The van der Waals surface area contributed by atoms with Crippen LogP contribution in [-0.2, 0) is 7.05 Å². The molecule has 1 heterocycles. The summed E-state index contributed by atoms with van der Waals surface area (Å²) in [5.74, 6) is 0. The Morgan fingerprint density at radius 1 is 0.350 bits per heavy atom. The highest BCUT2D eigenvalue weighted by Gasteiger charge is 2.13. The van der Waals surface area contributed by atoms with Gasteiger partial charge in [0.05, 0.1) is 0 Å². The van der Waals surface area contributed by atoms with Crippen molar-refractivity contribution in [3.05, 3.63) is 132 Å². The van der Waals surface area contributed by atoms with Crippen molar-refractivity contribution in [2.24, 2.45) is 7.05 Å². The van der Waals surface area contributed by atoms with Crippen molar-refractivity contribution < 1.29 is 0 Å². The molecule has 0 spiro atoms. The highest BCUT2D eigenvalue weighted by Crippen LogP contribution is 2.39. The molecule has 0 saturated heterocycles. The Bertz CT molecular complexity index is 2260.